The molecule has 0 aromatic heterocycles. The number of hydrogen-bond acceptors (Lipinski definition) is 14. The molecule has 1 aromatic carbocycles. The van der Waals surface area contributed by atoms with Crippen LogP contribution in [-0.2, 0) is 59.2 Å². The molecule has 10 atom stereocenters. The number of carboxylic acid groups (broad SMARTS) is 2. The lowest BCUT2D eigenvalue weighted by Gasteiger charge is -2.29. The fourth-order valence-corrected chi connectivity index (χ4v) is 7.01. The highest BCUT2D eigenvalue weighted by Gasteiger charge is 2.36. The van der Waals surface area contributed by atoms with Gasteiger partial charge in [-0.05, 0) is 74.5 Å². The largest absolute Gasteiger partial charge is 0.508 e. The summed E-state index contributed by atoms with van der Waals surface area (Å²) < 4.78 is 0. The van der Waals surface area contributed by atoms with Crippen molar-refractivity contribution in [2.45, 2.75) is 162 Å². The average Bonchev–Trinajstić information content (AvgIpc) is 3.30. The molecular formula is C48H78N10O15. The van der Waals surface area contributed by atoms with Gasteiger partial charge in [0.25, 0.3) is 0 Å². The lowest BCUT2D eigenvalue weighted by molar-refractivity contribution is -0.144. The summed E-state index contributed by atoms with van der Waals surface area (Å²) >= 11 is 0. The first-order chi connectivity index (χ1) is 34.0. The highest BCUT2D eigenvalue weighted by molar-refractivity contribution is 5.97. The molecule has 0 saturated carbocycles. The first kappa shape index (κ1) is 64.1. The molecule has 0 aliphatic rings. The van der Waals surface area contributed by atoms with Crippen molar-refractivity contribution >= 4 is 65.1 Å². The number of hydrogen-bond donors (Lipinski definition) is 14. The van der Waals surface area contributed by atoms with Crippen molar-refractivity contribution in [3.63, 3.8) is 0 Å². The summed E-state index contributed by atoms with van der Waals surface area (Å²) in [5.74, 6) is -11.4. The van der Waals surface area contributed by atoms with E-state index in [0.717, 1.165) is 0 Å². The number of aliphatic hydroxyl groups excluding tert-OH is 1. The van der Waals surface area contributed by atoms with Crippen molar-refractivity contribution in [3.05, 3.63) is 29.8 Å². The number of aliphatic hydroxyl groups is 1. The Morgan fingerprint density at radius 3 is 1.51 bits per heavy atom. The van der Waals surface area contributed by atoms with Gasteiger partial charge in [-0.15, -0.1) is 0 Å². The predicted octanol–water partition coefficient (Wildman–Crippen LogP) is -1.97. The van der Waals surface area contributed by atoms with E-state index < -0.39 is 144 Å². The lowest BCUT2D eigenvalue weighted by atomic mass is 9.96. The molecule has 0 unspecified atom stereocenters. The lowest BCUT2D eigenvalue weighted by Crippen LogP contribution is -2.61. The predicted molar refractivity (Wildman–Crippen MR) is 264 cm³/mol. The third-order valence-corrected chi connectivity index (χ3v) is 11.4. The van der Waals surface area contributed by atoms with Crippen LogP contribution in [0.15, 0.2) is 24.3 Å². The summed E-state index contributed by atoms with van der Waals surface area (Å²) in [5.41, 5.74) is 6.27. The number of benzene rings is 1. The zero-order valence-corrected chi connectivity index (χ0v) is 43.3. The molecule has 0 aliphatic heterocycles. The van der Waals surface area contributed by atoms with E-state index in [9.17, 15) is 68.1 Å². The van der Waals surface area contributed by atoms with Crippen LogP contribution in [0.2, 0.25) is 0 Å². The second-order valence-electron chi connectivity index (χ2n) is 19.3. The molecule has 0 saturated heterocycles. The van der Waals surface area contributed by atoms with Gasteiger partial charge in [-0.1, -0.05) is 73.9 Å². The number of carbonyl (C=O) groups excluding carboxylic acids is 9. The molecular weight excluding hydrogens is 957 g/mol. The molecule has 25 nitrogen and oxygen atoms in total. The molecule has 410 valence electrons. The van der Waals surface area contributed by atoms with Gasteiger partial charge in [-0.2, -0.15) is 0 Å². The van der Waals surface area contributed by atoms with Crippen molar-refractivity contribution in [1.82, 2.24) is 47.9 Å². The van der Waals surface area contributed by atoms with E-state index in [1.165, 1.54) is 38.1 Å². The highest BCUT2D eigenvalue weighted by Crippen LogP contribution is 2.14. The first-order valence-corrected chi connectivity index (χ1v) is 24.3. The Kier molecular flexibility index (Phi) is 27.7. The normalized spacial score (nSPS) is 15.3. The first-order valence-electron chi connectivity index (χ1n) is 24.3. The van der Waals surface area contributed by atoms with Gasteiger partial charge < -0.3 is 74.0 Å². The minimum absolute atomic E-state index is 0.0513. The van der Waals surface area contributed by atoms with E-state index in [-0.39, 0.29) is 49.7 Å². The number of rotatable bonds is 32. The topological polar surface area (TPSA) is 403 Å². The summed E-state index contributed by atoms with van der Waals surface area (Å²) in [5, 5.41) is 60.8. The number of carbonyl (C=O) groups is 11. The van der Waals surface area contributed by atoms with Gasteiger partial charge in [0.05, 0.1) is 25.2 Å². The zero-order chi connectivity index (χ0) is 55.9. The highest BCUT2D eigenvalue weighted by atomic mass is 16.4. The number of amides is 9. The van der Waals surface area contributed by atoms with E-state index in [0.29, 0.717) is 12.0 Å². The second kappa shape index (κ2) is 31.5. The maximum atomic E-state index is 13.9. The maximum absolute atomic E-state index is 13.9. The molecule has 9 amide bonds. The van der Waals surface area contributed by atoms with E-state index in [4.69, 9.17) is 10.8 Å². The summed E-state index contributed by atoms with van der Waals surface area (Å²) in [6, 6.07) is -4.72. The Morgan fingerprint density at radius 1 is 0.548 bits per heavy atom. The fraction of sp³-hybridized carbons (Fsp3) is 0.646. The molecule has 0 heterocycles. The van der Waals surface area contributed by atoms with Crippen LogP contribution in [0.3, 0.4) is 0 Å². The van der Waals surface area contributed by atoms with Crippen LogP contribution in [-0.4, -0.2) is 153 Å². The minimum Gasteiger partial charge on any atom is -0.508 e. The standard InChI is InChI=1S/C48H78N10O15/c1-11-26(8)39(46(70)55-33(19-24(4)5)45(69)58-40(28(10)59)47(71)57-38(25(6)7)48(72)73)56-36(62)22-51-43(67)34(20-29-12-14-30(60)15-13-29)53-35(61)21-50-41(65)27(9)52-44(68)32(18-23(2)3)54-42(66)31(49)16-17-37(63)64/h12-15,23-28,31-34,38-40,59-60H,11,16-22,49H2,1-10H3,(H,50,65)(H,51,67)(H,52,68)(H,53,61)(H,54,66)(H,55,70)(H,56,62)(H,57,71)(H,58,69)(H,63,64)(H,72,73)/t26-,27-,28+,31-,32-,33-,34-,38-,39-,40-/m0/s1. The maximum Gasteiger partial charge on any atom is 0.326 e. The van der Waals surface area contributed by atoms with Gasteiger partial charge in [-0.25, -0.2) is 4.79 Å². The molecule has 15 N–H and O–H groups in total. The third kappa shape index (κ3) is 23.9. The number of phenols is 1. The van der Waals surface area contributed by atoms with Crippen LogP contribution in [0.1, 0.15) is 107 Å². The Balaban J connectivity index is 3.14. The summed E-state index contributed by atoms with van der Waals surface area (Å²) in [6.45, 7) is 14.8. The van der Waals surface area contributed by atoms with Crippen LogP contribution in [0, 0.1) is 23.7 Å². The summed E-state index contributed by atoms with van der Waals surface area (Å²) in [4.78, 5) is 142. The molecule has 1 rings (SSSR count). The van der Waals surface area contributed by atoms with Crippen molar-refractivity contribution in [3.8, 4) is 5.75 Å². The van der Waals surface area contributed by atoms with Gasteiger partial charge >= 0.3 is 11.9 Å². The van der Waals surface area contributed by atoms with Crippen LogP contribution in [0.25, 0.3) is 0 Å². The molecule has 0 aliphatic carbocycles. The average molecular weight is 1040 g/mol. The third-order valence-electron chi connectivity index (χ3n) is 11.4. The molecule has 0 radical (unpaired) electrons. The van der Waals surface area contributed by atoms with Crippen LogP contribution in [0.4, 0.5) is 0 Å². The van der Waals surface area contributed by atoms with E-state index in [1.807, 2.05) is 0 Å². The molecule has 25 heteroatoms. The van der Waals surface area contributed by atoms with Crippen molar-refractivity contribution in [2.75, 3.05) is 13.1 Å². The van der Waals surface area contributed by atoms with Gasteiger partial charge in [0.15, 0.2) is 0 Å². The molecule has 0 fully saturated rings. The Hall–Kier alpha value is -6.89. The molecule has 73 heavy (non-hydrogen) atoms. The monoisotopic (exact) mass is 1030 g/mol. The molecule has 0 spiro atoms. The second-order valence-corrected chi connectivity index (χ2v) is 19.3. The van der Waals surface area contributed by atoms with E-state index >= 15 is 0 Å². The Labute approximate surface area is 425 Å². The Bertz CT molecular complexity index is 2070. The fourth-order valence-electron chi connectivity index (χ4n) is 7.01. The number of nitrogens with two attached hydrogens (primary N) is 1. The van der Waals surface area contributed by atoms with E-state index in [1.54, 1.807) is 55.4 Å². The number of carboxylic acids is 2. The van der Waals surface area contributed by atoms with Gasteiger partial charge in [0, 0.05) is 12.8 Å². The number of aliphatic carboxylic acids is 2. The summed E-state index contributed by atoms with van der Waals surface area (Å²) in [7, 11) is 0. The molecule has 0 bridgehead atoms. The SMILES string of the molecule is CC[C@H](C)[C@H](NC(=O)CNC(=O)[C@H](Cc1ccc(O)cc1)NC(=O)CNC(=O)[C@H](C)NC(=O)[C@H](CC(C)C)NC(=O)[C@@H](N)CCC(=O)O)C(=O)N[C@@H](CC(C)C)C(=O)N[C@H](C(=O)N[C@H](C(=O)O)C(C)C)[C@@H](C)O. The Morgan fingerprint density at radius 2 is 1.03 bits per heavy atom. The minimum atomic E-state index is -1.60. The van der Waals surface area contributed by atoms with Crippen molar-refractivity contribution < 1.29 is 73.2 Å². The summed E-state index contributed by atoms with van der Waals surface area (Å²) in [6.07, 6.45) is -1.61. The number of aromatic hydroxyl groups is 1. The van der Waals surface area contributed by atoms with Gasteiger partial charge in [0.2, 0.25) is 53.2 Å². The van der Waals surface area contributed by atoms with Gasteiger partial charge in [-0.3, -0.25) is 47.9 Å². The number of phenolic OH excluding ortho intramolecular Hbond substituents is 1. The van der Waals surface area contributed by atoms with Crippen LogP contribution < -0.4 is 53.6 Å². The van der Waals surface area contributed by atoms with Crippen LogP contribution in [0.5, 0.6) is 5.75 Å². The number of nitrogens with one attached hydrogen (secondary N) is 9. The quantitative estimate of drug-likeness (QED) is 0.0372. The van der Waals surface area contributed by atoms with E-state index in [2.05, 4.69) is 47.9 Å². The zero-order valence-electron chi connectivity index (χ0n) is 43.3. The van der Waals surface area contributed by atoms with Crippen molar-refractivity contribution in [2.24, 2.45) is 29.4 Å². The smallest absolute Gasteiger partial charge is 0.326 e. The van der Waals surface area contributed by atoms with Gasteiger partial charge in [0.1, 0.15) is 48.0 Å². The van der Waals surface area contributed by atoms with Crippen LogP contribution >= 0.6 is 0 Å². The van der Waals surface area contributed by atoms with Crippen molar-refractivity contribution in [1.29, 1.82) is 0 Å². The molecule has 1 aromatic rings.